The summed E-state index contributed by atoms with van der Waals surface area (Å²) in [6, 6.07) is 7.59. The molecule has 1 amide bonds. The molecule has 1 aliphatic heterocycles. The predicted molar refractivity (Wildman–Crippen MR) is 87.3 cm³/mol. The van der Waals surface area contributed by atoms with Gasteiger partial charge in [0.05, 0.1) is 12.3 Å². The first-order valence-corrected chi connectivity index (χ1v) is 8.11. The molecule has 0 saturated carbocycles. The number of hydrogen-bond acceptors (Lipinski definition) is 4. The molecule has 1 fully saturated rings. The highest BCUT2D eigenvalue weighted by Gasteiger charge is 2.21. The maximum absolute atomic E-state index is 12.1. The van der Waals surface area contributed by atoms with E-state index in [1.165, 1.54) is 0 Å². The van der Waals surface area contributed by atoms with Crippen molar-refractivity contribution in [3.05, 3.63) is 34.9 Å². The Morgan fingerprint density at radius 2 is 2.00 bits per heavy atom. The molecule has 1 heterocycles. The van der Waals surface area contributed by atoms with Crippen LogP contribution < -0.4 is 11.1 Å². The van der Waals surface area contributed by atoms with E-state index in [0.717, 1.165) is 5.56 Å². The Morgan fingerprint density at radius 1 is 1.36 bits per heavy atom. The quantitative estimate of drug-likeness (QED) is 0.692. The number of piperidine rings is 1. The molecule has 122 valence electrons. The van der Waals surface area contributed by atoms with E-state index in [0.29, 0.717) is 50.3 Å². The van der Waals surface area contributed by atoms with Crippen molar-refractivity contribution in [3.8, 4) is 0 Å². The van der Waals surface area contributed by atoms with Gasteiger partial charge in [0.25, 0.3) is 0 Å². The van der Waals surface area contributed by atoms with Crippen LogP contribution in [0.15, 0.2) is 24.3 Å². The van der Waals surface area contributed by atoms with Crippen LogP contribution in [0.5, 0.6) is 0 Å². The summed E-state index contributed by atoms with van der Waals surface area (Å²) in [5.74, 6) is 0.121. The highest BCUT2D eigenvalue weighted by molar-refractivity contribution is 6.30. The second-order valence-corrected chi connectivity index (χ2v) is 6.20. The summed E-state index contributed by atoms with van der Waals surface area (Å²) in [7, 11) is 0. The van der Waals surface area contributed by atoms with Crippen molar-refractivity contribution in [2.24, 2.45) is 5.73 Å². The molecule has 1 unspecified atom stereocenters. The molecule has 1 aliphatic rings. The molecule has 0 bridgehead atoms. The molecule has 1 saturated heterocycles. The van der Waals surface area contributed by atoms with Crippen molar-refractivity contribution in [1.82, 2.24) is 10.2 Å². The molecule has 0 spiro atoms. The normalized spacial score (nSPS) is 17.5. The fraction of sp³-hybridized carbons (Fsp3) is 0.562. The van der Waals surface area contributed by atoms with Crippen LogP contribution in [0, 0.1) is 0 Å². The first-order chi connectivity index (χ1) is 10.5. The lowest BCUT2D eigenvalue weighted by atomic mass is 10.1. The second kappa shape index (κ2) is 8.48. The Morgan fingerprint density at radius 3 is 2.64 bits per heavy atom. The summed E-state index contributed by atoms with van der Waals surface area (Å²) in [5.41, 5.74) is 7.11. The Hall–Kier alpha value is -1.14. The van der Waals surface area contributed by atoms with Crippen LogP contribution in [0.4, 0.5) is 0 Å². The van der Waals surface area contributed by atoms with E-state index in [1.54, 1.807) is 0 Å². The molecule has 1 aromatic rings. The van der Waals surface area contributed by atoms with Gasteiger partial charge in [0.1, 0.15) is 0 Å². The monoisotopic (exact) mass is 325 g/mol. The number of hydrogen-bond donors (Lipinski definition) is 3. The Labute approximate surface area is 136 Å². The lowest BCUT2D eigenvalue weighted by molar-refractivity contribution is -0.133. The number of carbonyl (C=O) groups is 1. The van der Waals surface area contributed by atoms with Crippen LogP contribution in [-0.4, -0.2) is 41.3 Å². The summed E-state index contributed by atoms with van der Waals surface area (Å²) >= 11 is 5.84. The summed E-state index contributed by atoms with van der Waals surface area (Å²) in [6.07, 6.45) is 1.91. The third-order valence-electron chi connectivity index (χ3n) is 3.97. The third-order valence-corrected chi connectivity index (χ3v) is 4.22. The van der Waals surface area contributed by atoms with Crippen molar-refractivity contribution < 1.29 is 9.90 Å². The third kappa shape index (κ3) is 5.57. The van der Waals surface area contributed by atoms with E-state index in [1.807, 2.05) is 29.2 Å². The van der Waals surface area contributed by atoms with E-state index in [-0.39, 0.29) is 18.2 Å². The van der Waals surface area contributed by atoms with Gasteiger partial charge in [0, 0.05) is 31.1 Å². The summed E-state index contributed by atoms with van der Waals surface area (Å²) in [6.45, 7) is 1.95. The minimum Gasteiger partial charge on any atom is -0.393 e. The van der Waals surface area contributed by atoms with Gasteiger partial charge in [-0.1, -0.05) is 23.7 Å². The molecule has 0 aromatic heterocycles. The topological polar surface area (TPSA) is 78.6 Å². The van der Waals surface area contributed by atoms with E-state index < -0.39 is 0 Å². The first-order valence-electron chi connectivity index (χ1n) is 7.74. The zero-order valence-corrected chi connectivity index (χ0v) is 13.4. The number of likely N-dealkylation sites (tertiary alicyclic amines) is 1. The van der Waals surface area contributed by atoms with Crippen molar-refractivity contribution in [2.45, 2.75) is 44.5 Å². The highest BCUT2D eigenvalue weighted by atomic mass is 35.5. The second-order valence-electron chi connectivity index (χ2n) is 5.76. The molecule has 22 heavy (non-hydrogen) atoms. The van der Waals surface area contributed by atoms with Gasteiger partial charge in [-0.15, -0.1) is 0 Å². The van der Waals surface area contributed by atoms with Gasteiger partial charge in [-0.3, -0.25) is 10.1 Å². The number of amides is 1. The van der Waals surface area contributed by atoms with E-state index in [2.05, 4.69) is 5.32 Å². The average molecular weight is 326 g/mol. The van der Waals surface area contributed by atoms with Crippen molar-refractivity contribution in [1.29, 1.82) is 0 Å². The molecular weight excluding hydrogens is 302 g/mol. The number of carbonyl (C=O) groups excluding carboxylic acids is 1. The molecule has 0 aliphatic carbocycles. The standard InChI is InChI=1S/C16H24ClN3O2/c17-13-3-1-12(2-4-13)11-19-15(18)5-6-16(22)20-9-7-14(21)8-10-20/h1-4,14-15,19,21H,5-11,18H2. The van der Waals surface area contributed by atoms with Gasteiger partial charge in [-0.05, 0) is 37.0 Å². The fourth-order valence-corrected chi connectivity index (χ4v) is 2.63. The number of nitrogens with zero attached hydrogens (tertiary/aromatic N) is 1. The minimum absolute atomic E-state index is 0.121. The van der Waals surface area contributed by atoms with Gasteiger partial charge in [0.15, 0.2) is 0 Å². The van der Waals surface area contributed by atoms with Crippen LogP contribution in [0.3, 0.4) is 0 Å². The van der Waals surface area contributed by atoms with Crippen LogP contribution in [-0.2, 0) is 11.3 Å². The lowest BCUT2D eigenvalue weighted by Gasteiger charge is -2.30. The smallest absolute Gasteiger partial charge is 0.222 e. The first kappa shape index (κ1) is 17.2. The predicted octanol–water partition coefficient (Wildman–Crippen LogP) is 1.48. The number of benzene rings is 1. The van der Waals surface area contributed by atoms with Crippen molar-refractivity contribution in [2.75, 3.05) is 13.1 Å². The zero-order chi connectivity index (χ0) is 15.9. The minimum atomic E-state index is -0.257. The van der Waals surface area contributed by atoms with Gasteiger partial charge < -0.3 is 15.7 Å². The fourth-order valence-electron chi connectivity index (χ4n) is 2.51. The lowest BCUT2D eigenvalue weighted by Crippen LogP contribution is -2.42. The largest absolute Gasteiger partial charge is 0.393 e. The van der Waals surface area contributed by atoms with Crippen LogP contribution in [0.2, 0.25) is 5.02 Å². The number of nitrogens with one attached hydrogen (secondary N) is 1. The molecule has 4 N–H and O–H groups in total. The number of aliphatic hydroxyl groups excluding tert-OH is 1. The number of aliphatic hydroxyl groups is 1. The zero-order valence-electron chi connectivity index (χ0n) is 12.7. The molecule has 1 atom stereocenters. The van der Waals surface area contributed by atoms with Crippen molar-refractivity contribution in [3.63, 3.8) is 0 Å². The van der Waals surface area contributed by atoms with Crippen LogP contribution >= 0.6 is 11.6 Å². The van der Waals surface area contributed by atoms with Gasteiger partial charge in [-0.25, -0.2) is 0 Å². The number of rotatable bonds is 6. The summed E-state index contributed by atoms with van der Waals surface area (Å²) in [5, 5.41) is 13.4. The summed E-state index contributed by atoms with van der Waals surface area (Å²) < 4.78 is 0. The van der Waals surface area contributed by atoms with Crippen molar-refractivity contribution >= 4 is 17.5 Å². The maximum atomic E-state index is 12.1. The molecule has 1 aromatic carbocycles. The van der Waals surface area contributed by atoms with Gasteiger partial charge in [-0.2, -0.15) is 0 Å². The molecule has 0 radical (unpaired) electrons. The average Bonchev–Trinajstić information content (AvgIpc) is 2.52. The maximum Gasteiger partial charge on any atom is 0.222 e. The Balaban J connectivity index is 1.65. The molecule has 2 rings (SSSR count). The van der Waals surface area contributed by atoms with Gasteiger partial charge >= 0.3 is 0 Å². The molecule has 5 nitrogen and oxygen atoms in total. The van der Waals surface area contributed by atoms with Gasteiger partial charge in [0.2, 0.25) is 5.91 Å². The number of halogens is 1. The van der Waals surface area contributed by atoms with Crippen LogP contribution in [0.25, 0.3) is 0 Å². The van der Waals surface area contributed by atoms with Crippen LogP contribution in [0.1, 0.15) is 31.2 Å². The molecular formula is C16H24ClN3O2. The summed E-state index contributed by atoms with van der Waals surface area (Å²) in [4.78, 5) is 13.9. The van der Waals surface area contributed by atoms with E-state index in [9.17, 15) is 9.90 Å². The molecule has 6 heteroatoms. The Bertz CT molecular complexity index is 473. The van der Waals surface area contributed by atoms with E-state index in [4.69, 9.17) is 17.3 Å². The number of nitrogens with two attached hydrogens (primary N) is 1. The highest BCUT2D eigenvalue weighted by Crippen LogP contribution is 2.12. The SMILES string of the molecule is NC(CCC(=O)N1CCC(O)CC1)NCc1ccc(Cl)cc1. The van der Waals surface area contributed by atoms with E-state index >= 15 is 0 Å². The Kier molecular flexibility index (Phi) is 6.64.